The Hall–Kier alpha value is -4.04. The lowest BCUT2D eigenvalue weighted by atomic mass is 9.72. The predicted octanol–water partition coefficient (Wildman–Crippen LogP) is 4.09. The van der Waals surface area contributed by atoms with Gasteiger partial charge >= 0.3 is 12.8 Å². The zero-order chi connectivity index (χ0) is 27.8. The summed E-state index contributed by atoms with van der Waals surface area (Å²) in [5.41, 5.74) is 0.321. The van der Waals surface area contributed by atoms with Crippen LogP contribution < -0.4 is 15.0 Å². The van der Waals surface area contributed by atoms with Crippen LogP contribution in [0.15, 0.2) is 36.8 Å². The van der Waals surface area contributed by atoms with E-state index in [2.05, 4.69) is 30.1 Å². The van der Waals surface area contributed by atoms with Crippen molar-refractivity contribution in [2.75, 3.05) is 36.4 Å². The second-order valence-corrected chi connectivity index (χ2v) is 9.72. The molecule has 0 atom stereocenters. The van der Waals surface area contributed by atoms with Gasteiger partial charge in [0.25, 0.3) is 0 Å². The van der Waals surface area contributed by atoms with Gasteiger partial charge < -0.3 is 19.9 Å². The molecule has 2 saturated heterocycles. The summed E-state index contributed by atoms with van der Waals surface area (Å²) in [6.07, 6.45) is 1.02. The number of amides is 1. The highest BCUT2D eigenvalue weighted by atomic mass is 19.4. The maximum Gasteiger partial charge on any atom is 0.408 e. The Morgan fingerprint density at radius 2 is 1.90 bits per heavy atom. The van der Waals surface area contributed by atoms with E-state index in [4.69, 9.17) is 0 Å². The Morgan fingerprint density at radius 1 is 1.15 bits per heavy atom. The number of hydrogen-bond donors (Lipinski definition) is 1. The number of anilines is 3. The van der Waals surface area contributed by atoms with Gasteiger partial charge in [0.15, 0.2) is 5.82 Å². The summed E-state index contributed by atoms with van der Waals surface area (Å²) in [6, 6.07) is 4.21. The Bertz CT molecular complexity index is 1330. The molecule has 0 saturated carbocycles. The molecule has 0 bridgehead atoms. The summed E-state index contributed by atoms with van der Waals surface area (Å²) in [5, 5.41) is 6.72. The average Bonchev–Trinajstić information content (AvgIpc) is 3.29. The molecular weight excluding hydrogens is 527 g/mol. The van der Waals surface area contributed by atoms with Crippen molar-refractivity contribution in [2.24, 2.45) is 5.41 Å². The Kier molecular flexibility index (Phi) is 6.99. The van der Waals surface area contributed by atoms with Gasteiger partial charge in [-0.3, -0.25) is 9.48 Å². The monoisotopic (exact) mass is 552 g/mol. The van der Waals surface area contributed by atoms with Gasteiger partial charge in [0, 0.05) is 63.0 Å². The number of ether oxygens (including phenoxy) is 1. The van der Waals surface area contributed by atoms with Gasteiger partial charge in [-0.2, -0.15) is 27.1 Å². The van der Waals surface area contributed by atoms with Crippen molar-refractivity contribution in [3.05, 3.63) is 36.8 Å². The number of carbonyl (C=O) groups excluding carboxylic acids is 1. The second kappa shape index (κ2) is 10.3. The fraction of sp³-hybridized carbons (Fsp3) is 0.458. The van der Waals surface area contributed by atoms with Gasteiger partial charge in [0.05, 0.1) is 11.8 Å². The number of nitrogens with zero attached hydrogens (tertiary/aromatic N) is 7. The van der Waals surface area contributed by atoms with Crippen LogP contribution >= 0.6 is 0 Å². The SMILES string of the molecule is CC(=O)N1CCC2(CC1)CN(c1cc(Nc3cc(OC(F)F)ccn3)nc(-c3cnn(CC(F)(F)F)c3)n1)C2. The first kappa shape index (κ1) is 26.6. The van der Waals surface area contributed by atoms with E-state index >= 15 is 0 Å². The number of rotatable bonds is 7. The fourth-order valence-electron chi connectivity index (χ4n) is 4.86. The van der Waals surface area contributed by atoms with Crippen molar-refractivity contribution in [3.63, 3.8) is 0 Å². The molecule has 0 aromatic carbocycles. The molecule has 39 heavy (non-hydrogen) atoms. The number of nitrogens with one attached hydrogen (secondary N) is 1. The van der Waals surface area contributed by atoms with E-state index in [0.29, 0.717) is 32.0 Å². The average molecular weight is 553 g/mol. The van der Waals surface area contributed by atoms with Crippen LogP contribution in [-0.4, -0.2) is 74.5 Å². The van der Waals surface area contributed by atoms with Gasteiger partial charge in [0.2, 0.25) is 5.91 Å². The molecule has 2 aliphatic heterocycles. The first-order chi connectivity index (χ1) is 18.5. The third kappa shape index (κ3) is 6.34. The van der Waals surface area contributed by atoms with Crippen molar-refractivity contribution in [2.45, 2.75) is 39.1 Å². The van der Waals surface area contributed by atoms with Crippen LogP contribution in [0.2, 0.25) is 0 Å². The van der Waals surface area contributed by atoms with E-state index < -0.39 is 19.3 Å². The van der Waals surface area contributed by atoms with Gasteiger partial charge in [-0.15, -0.1) is 0 Å². The van der Waals surface area contributed by atoms with Crippen molar-refractivity contribution in [1.82, 2.24) is 29.6 Å². The minimum absolute atomic E-state index is 0.0464. The topological polar surface area (TPSA) is 101 Å². The highest BCUT2D eigenvalue weighted by Crippen LogP contribution is 2.43. The zero-order valence-corrected chi connectivity index (χ0v) is 20.8. The molecule has 1 amide bonds. The van der Waals surface area contributed by atoms with Crippen molar-refractivity contribution in [3.8, 4) is 17.1 Å². The number of alkyl halides is 5. The minimum atomic E-state index is -4.44. The van der Waals surface area contributed by atoms with Crippen LogP contribution in [0.1, 0.15) is 19.8 Å². The van der Waals surface area contributed by atoms with Gasteiger partial charge in [0.1, 0.15) is 29.7 Å². The molecule has 10 nitrogen and oxygen atoms in total. The molecule has 2 fully saturated rings. The predicted molar refractivity (Wildman–Crippen MR) is 130 cm³/mol. The normalized spacial score (nSPS) is 16.9. The lowest BCUT2D eigenvalue weighted by molar-refractivity contribution is -0.142. The summed E-state index contributed by atoms with van der Waals surface area (Å²) < 4.78 is 69.0. The molecule has 5 rings (SSSR count). The molecule has 5 heterocycles. The van der Waals surface area contributed by atoms with Crippen LogP contribution in [-0.2, 0) is 11.3 Å². The minimum Gasteiger partial charge on any atom is -0.435 e. The van der Waals surface area contributed by atoms with E-state index in [9.17, 15) is 26.7 Å². The Balaban J connectivity index is 1.40. The van der Waals surface area contributed by atoms with Crippen LogP contribution in [0, 0.1) is 5.41 Å². The number of carbonyl (C=O) groups is 1. The molecule has 208 valence electrons. The fourth-order valence-corrected chi connectivity index (χ4v) is 4.86. The molecule has 3 aromatic rings. The highest BCUT2D eigenvalue weighted by molar-refractivity contribution is 5.73. The lowest BCUT2D eigenvalue weighted by Gasteiger charge is -2.54. The molecule has 0 aliphatic carbocycles. The maximum atomic E-state index is 12.8. The van der Waals surface area contributed by atoms with E-state index in [1.807, 2.05) is 9.80 Å². The van der Waals surface area contributed by atoms with Gasteiger partial charge in [-0.1, -0.05) is 0 Å². The van der Waals surface area contributed by atoms with Gasteiger partial charge in [-0.25, -0.2) is 15.0 Å². The Labute approximate surface area is 219 Å². The summed E-state index contributed by atoms with van der Waals surface area (Å²) in [6.45, 7) is 0.0496. The third-order valence-electron chi connectivity index (χ3n) is 6.80. The van der Waals surface area contributed by atoms with E-state index in [0.717, 1.165) is 17.5 Å². The number of halogens is 5. The summed E-state index contributed by atoms with van der Waals surface area (Å²) in [4.78, 5) is 28.7. The number of pyridine rings is 1. The standard InChI is InChI=1S/C24H25F5N8O2/c1-15(38)35-6-3-23(4-7-35)12-36(13-23)20-9-19(32-18-8-17(2-5-30-18)39-22(25)26)33-21(34-20)16-10-31-37(11-16)14-24(27,28)29/h2,5,8-11,22H,3-4,6-7,12-14H2,1H3,(H,30,32,33,34). The van der Waals surface area contributed by atoms with Crippen molar-refractivity contribution < 1.29 is 31.5 Å². The van der Waals surface area contributed by atoms with E-state index in [1.54, 1.807) is 13.0 Å². The molecule has 0 radical (unpaired) electrons. The maximum absolute atomic E-state index is 12.8. The van der Waals surface area contributed by atoms with Crippen molar-refractivity contribution in [1.29, 1.82) is 0 Å². The Morgan fingerprint density at radius 3 is 2.56 bits per heavy atom. The summed E-state index contributed by atoms with van der Waals surface area (Å²) in [7, 11) is 0. The third-order valence-corrected chi connectivity index (χ3v) is 6.80. The quantitative estimate of drug-likeness (QED) is 0.438. The molecule has 15 heteroatoms. The molecule has 3 aromatic heterocycles. The zero-order valence-electron chi connectivity index (χ0n) is 20.8. The smallest absolute Gasteiger partial charge is 0.408 e. The number of piperidine rings is 1. The molecule has 1 spiro atoms. The van der Waals surface area contributed by atoms with Gasteiger partial charge in [-0.05, 0) is 18.9 Å². The van der Waals surface area contributed by atoms with Crippen LogP contribution in [0.5, 0.6) is 5.75 Å². The van der Waals surface area contributed by atoms with E-state index in [-0.39, 0.29) is 40.1 Å². The van der Waals surface area contributed by atoms with E-state index in [1.165, 1.54) is 30.7 Å². The number of likely N-dealkylation sites (tertiary alicyclic amines) is 1. The highest BCUT2D eigenvalue weighted by Gasteiger charge is 2.45. The van der Waals surface area contributed by atoms with Crippen LogP contribution in [0.3, 0.4) is 0 Å². The van der Waals surface area contributed by atoms with Crippen molar-refractivity contribution >= 4 is 23.4 Å². The second-order valence-electron chi connectivity index (χ2n) is 9.72. The first-order valence-electron chi connectivity index (χ1n) is 12.1. The number of hydrogen-bond acceptors (Lipinski definition) is 8. The molecule has 2 aliphatic rings. The van der Waals surface area contributed by atoms with Crippen LogP contribution in [0.4, 0.5) is 39.4 Å². The molecule has 0 unspecified atom stereocenters. The lowest BCUT2D eigenvalue weighted by Crippen LogP contribution is -2.61. The largest absolute Gasteiger partial charge is 0.435 e. The van der Waals surface area contributed by atoms with Crippen LogP contribution in [0.25, 0.3) is 11.4 Å². The first-order valence-corrected chi connectivity index (χ1v) is 12.1. The summed E-state index contributed by atoms with van der Waals surface area (Å²) >= 11 is 0. The summed E-state index contributed by atoms with van der Waals surface area (Å²) in [5.74, 6) is 1.05. The molecule has 1 N–H and O–H groups in total. The number of aromatic nitrogens is 5. The molecular formula is C24H25F5N8O2.